The molecule has 0 saturated carbocycles. The largest absolute Gasteiger partial charge is 0.377 e. The van der Waals surface area contributed by atoms with E-state index in [1.165, 1.54) is 4.88 Å². The summed E-state index contributed by atoms with van der Waals surface area (Å²) in [7, 11) is 0. The minimum absolute atomic E-state index is 0.0440. The highest BCUT2D eigenvalue weighted by molar-refractivity contribution is 7.14. The van der Waals surface area contributed by atoms with E-state index in [9.17, 15) is 8.78 Å². The quantitative estimate of drug-likeness (QED) is 0.611. The molecule has 0 unspecified atom stereocenters. The zero-order valence-electron chi connectivity index (χ0n) is 10.7. The van der Waals surface area contributed by atoms with Gasteiger partial charge in [0.1, 0.15) is 5.82 Å². The molecule has 0 aliphatic rings. The van der Waals surface area contributed by atoms with Gasteiger partial charge in [0.05, 0.1) is 10.7 Å². The van der Waals surface area contributed by atoms with Crippen LogP contribution in [0.25, 0.3) is 10.4 Å². The Kier molecular flexibility index (Phi) is 4.24. The Hall–Kier alpha value is -1.43. The third-order valence-corrected chi connectivity index (χ3v) is 5.06. The number of anilines is 1. The lowest BCUT2D eigenvalue weighted by Crippen LogP contribution is -2.01. The summed E-state index contributed by atoms with van der Waals surface area (Å²) in [6.07, 6.45) is 0. The van der Waals surface area contributed by atoms with Crippen molar-refractivity contribution in [2.45, 2.75) is 6.54 Å². The molecule has 0 aliphatic heterocycles. The molecule has 0 amide bonds. The number of benzene rings is 1. The van der Waals surface area contributed by atoms with Crippen LogP contribution in [-0.4, -0.2) is 0 Å². The van der Waals surface area contributed by atoms with Gasteiger partial charge in [0.15, 0.2) is 5.82 Å². The van der Waals surface area contributed by atoms with Crippen molar-refractivity contribution in [2.24, 2.45) is 0 Å². The van der Waals surface area contributed by atoms with E-state index in [-0.39, 0.29) is 10.7 Å². The summed E-state index contributed by atoms with van der Waals surface area (Å²) in [6.45, 7) is 0.443. The first-order chi connectivity index (χ1) is 10.1. The average molecular weight is 342 g/mol. The number of hydrogen-bond acceptors (Lipinski definition) is 3. The summed E-state index contributed by atoms with van der Waals surface area (Å²) in [4.78, 5) is 2.25. The molecule has 6 heteroatoms. The van der Waals surface area contributed by atoms with E-state index < -0.39 is 11.6 Å². The van der Waals surface area contributed by atoms with Crippen molar-refractivity contribution < 1.29 is 8.78 Å². The number of thiophene rings is 2. The van der Waals surface area contributed by atoms with Crippen LogP contribution in [0.5, 0.6) is 0 Å². The number of nitrogens with one attached hydrogen (secondary N) is 1. The van der Waals surface area contributed by atoms with E-state index in [2.05, 4.69) is 22.8 Å². The molecule has 0 saturated heterocycles. The highest BCUT2D eigenvalue weighted by Crippen LogP contribution is 2.31. The molecule has 1 N–H and O–H groups in total. The van der Waals surface area contributed by atoms with Gasteiger partial charge in [-0.2, -0.15) is 0 Å². The maximum atomic E-state index is 13.7. The van der Waals surface area contributed by atoms with Crippen LogP contribution in [0.2, 0.25) is 5.02 Å². The number of hydrogen-bond donors (Lipinski definition) is 1. The van der Waals surface area contributed by atoms with Crippen molar-refractivity contribution in [1.29, 1.82) is 0 Å². The van der Waals surface area contributed by atoms with Crippen LogP contribution >= 0.6 is 34.3 Å². The first-order valence-electron chi connectivity index (χ1n) is 6.13. The van der Waals surface area contributed by atoms with Crippen LogP contribution in [0.4, 0.5) is 14.5 Å². The van der Waals surface area contributed by atoms with E-state index in [1.807, 2.05) is 11.4 Å². The van der Waals surface area contributed by atoms with Gasteiger partial charge in [0.25, 0.3) is 0 Å². The lowest BCUT2D eigenvalue weighted by Gasteiger charge is -2.08. The van der Waals surface area contributed by atoms with Crippen molar-refractivity contribution >= 4 is 40.0 Å². The molecule has 1 nitrogen and oxygen atoms in total. The monoisotopic (exact) mass is 341 g/mol. The van der Waals surface area contributed by atoms with E-state index >= 15 is 0 Å². The molecular weight excluding hydrogens is 332 g/mol. The van der Waals surface area contributed by atoms with Gasteiger partial charge in [-0.05, 0) is 29.0 Å². The topological polar surface area (TPSA) is 12.0 Å². The predicted octanol–water partition coefficient (Wildman–Crippen LogP) is 6.02. The van der Waals surface area contributed by atoms with Crippen molar-refractivity contribution in [3.63, 3.8) is 0 Å². The van der Waals surface area contributed by atoms with Crippen LogP contribution in [0.1, 0.15) is 4.88 Å². The molecule has 21 heavy (non-hydrogen) atoms. The van der Waals surface area contributed by atoms with Crippen molar-refractivity contribution in [1.82, 2.24) is 0 Å². The van der Waals surface area contributed by atoms with Crippen LogP contribution in [0.15, 0.2) is 41.1 Å². The minimum Gasteiger partial charge on any atom is -0.377 e. The third kappa shape index (κ3) is 3.26. The maximum Gasteiger partial charge on any atom is 0.150 e. The molecule has 3 rings (SSSR count). The number of rotatable bonds is 4. The second-order valence-corrected chi connectivity index (χ2v) is 6.73. The molecule has 0 spiro atoms. The minimum atomic E-state index is -0.685. The van der Waals surface area contributed by atoms with Gasteiger partial charge < -0.3 is 5.32 Å². The number of halogens is 3. The molecular formula is C15H10ClF2NS2. The zero-order chi connectivity index (χ0) is 14.8. The van der Waals surface area contributed by atoms with E-state index in [0.717, 1.165) is 22.6 Å². The summed E-state index contributed by atoms with van der Waals surface area (Å²) in [5, 5.41) is 7.05. The van der Waals surface area contributed by atoms with Gasteiger partial charge in [-0.25, -0.2) is 8.78 Å². The normalized spacial score (nSPS) is 10.8. The standard InChI is InChI=1S/C15H10ClF2NS2/c16-12-5-10(17)6-13(18)15(12)19-7-11-4-9(8-21-11)14-2-1-3-20-14/h1-6,8,19H,7H2. The van der Waals surface area contributed by atoms with Crippen LogP contribution in [0.3, 0.4) is 0 Å². The molecule has 0 bridgehead atoms. The van der Waals surface area contributed by atoms with Crippen LogP contribution in [0, 0.1) is 11.6 Å². The Morgan fingerprint density at radius 3 is 2.71 bits per heavy atom. The van der Waals surface area contributed by atoms with Gasteiger partial charge in [-0.15, -0.1) is 22.7 Å². The second kappa shape index (κ2) is 6.13. The molecule has 0 aliphatic carbocycles. The van der Waals surface area contributed by atoms with Gasteiger partial charge in [0.2, 0.25) is 0 Å². The van der Waals surface area contributed by atoms with Crippen LogP contribution in [-0.2, 0) is 6.54 Å². The van der Waals surface area contributed by atoms with Gasteiger partial charge in [-0.1, -0.05) is 17.7 Å². The predicted molar refractivity (Wildman–Crippen MR) is 86.3 cm³/mol. The third-order valence-electron chi connectivity index (χ3n) is 2.91. The summed E-state index contributed by atoms with van der Waals surface area (Å²) in [6, 6.07) is 8.03. The Bertz CT molecular complexity index is 730. The Morgan fingerprint density at radius 1 is 1.14 bits per heavy atom. The highest BCUT2D eigenvalue weighted by Gasteiger charge is 2.10. The molecule has 0 atom stereocenters. The fraction of sp³-hybridized carbons (Fsp3) is 0.0667. The molecule has 3 aromatic rings. The summed E-state index contributed by atoms with van der Waals surface area (Å²) in [5.41, 5.74) is 1.28. The van der Waals surface area contributed by atoms with E-state index in [0.29, 0.717) is 6.54 Å². The summed E-state index contributed by atoms with van der Waals surface area (Å²) < 4.78 is 26.6. The molecule has 2 aromatic heterocycles. The Labute approximate surface area is 133 Å². The lowest BCUT2D eigenvalue weighted by atomic mass is 10.2. The zero-order valence-corrected chi connectivity index (χ0v) is 13.1. The Balaban J connectivity index is 1.74. The summed E-state index contributed by atoms with van der Waals surface area (Å²) >= 11 is 9.11. The maximum absolute atomic E-state index is 13.7. The molecule has 1 aromatic carbocycles. The summed E-state index contributed by atoms with van der Waals surface area (Å²) in [5.74, 6) is -1.37. The van der Waals surface area contributed by atoms with Gasteiger partial charge >= 0.3 is 0 Å². The second-order valence-electron chi connectivity index (χ2n) is 4.38. The SMILES string of the molecule is Fc1cc(F)c(NCc2cc(-c3cccs3)cs2)c(Cl)c1. The van der Waals surface area contributed by atoms with E-state index in [4.69, 9.17) is 11.6 Å². The smallest absolute Gasteiger partial charge is 0.150 e. The first kappa shape index (κ1) is 14.5. The lowest BCUT2D eigenvalue weighted by molar-refractivity contribution is 0.585. The first-order valence-corrected chi connectivity index (χ1v) is 8.27. The molecule has 0 radical (unpaired) electrons. The fourth-order valence-electron chi connectivity index (χ4n) is 1.93. The molecule has 108 valence electrons. The van der Waals surface area contributed by atoms with Crippen LogP contribution < -0.4 is 5.32 Å². The van der Waals surface area contributed by atoms with Crippen molar-refractivity contribution in [3.8, 4) is 10.4 Å². The van der Waals surface area contributed by atoms with Crippen molar-refractivity contribution in [2.75, 3.05) is 5.32 Å². The van der Waals surface area contributed by atoms with Crippen molar-refractivity contribution in [3.05, 3.63) is 62.6 Å². The van der Waals surface area contributed by atoms with E-state index in [1.54, 1.807) is 22.7 Å². The fourth-order valence-corrected chi connectivity index (χ4v) is 3.81. The van der Waals surface area contributed by atoms with Gasteiger partial charge in [0, 0.05) is 27.9 Å². The molecule has 2 heterocycles. The highest BCUT2D eigenvalue weighted by atomic mass is 35.5. The molecule has 0 fully saturated rings. The average Bonchev–Trinajstić information content (AvgIpc) is 3.08. The Morgan fingerprint density at radius 2 is 2.00 bits per heavy atom. The van der Waals surface area contributed by atoms with Gasteiger partial charge in [-0.3, -0.25) is 0 Å².